The Bertz CT molecular complexity index is 6950. The number of halogens is 4. The summed E-state index contributed by atoms with van der Waals surface area (Å²) in [6.45, 7) is 8.73. The number of rotatable bonds is 16. The SMILES string of the molecule is C#Cc1ccc(Oc2nc3c(c(N4CC5(CC[C@H]5N)C4)n2)-c2cc(F)cc(NC)c2C3)cn1.C#Cc1ccc(Oc2nc3c(c(N4CC5C[C@@H](N)C5C4)n2)-c2cc(F)cc(NC)c2C3)cn1.C#Cc1ccc(Oc2nc3c(c(N4CCC5(CC5N)C4)n2)-c2cc(F)cc(NC)c2C3)cn1.CNc1cc(F)cc2c1Cc1nc(Oc3cnc4sc(C)nc4c3)nc(N3C[C@H]4CC[C@@H](N)[C@H]4C3)c1-2. The van der Waals surface area contributed by atoms with Gasteiger partial charge in [0.05, 0.1) is 52.6 Å². The van der Waals surface area contributed by atoms with Crippen molar-refractivity contribution in [3.63, 3.8) is 0 Å². The second-order valence-corrected chi connectivity index (χ2v) is 38.1. The van der Waals surface area contributed by atoms with Crippen molar-refractivity contribution in [2.75, 3.05) is 121 Å². The van der Waals surface area contributed by atoms with Gasteiger partial charge in [-0.15, -0.1) is 19.3 Å². The second-order valence-electron chi connectivity index (χ2n) is 36.9. The van der Waals surface area contributed by atoms with E-state index in [4.69, 9.17) is 101 Å². The van der Waals surface area contributed by atoms with Gasteiger partial charge in [-0.25, -0.2) is 42.5 Å². The Morgan fingerprint density at radius 3 is 1.15 bits per heavy atom. The van der Waals surface area contributed by atoms with Crippen LogP contribution in [0.4, 0.5) is 63.6 Å². The van der Waals surface area contributed by atoms with Gasteiger partial charge < -0.3 is 82.7 Å². The van der Waals surface area contributed by atoms with E-state index in [1.807, 2.05) is 20.0 Å². The summed E-state index contributed by atoms with van der Waals surface area (Å²) in [7, 11) is 7.20. The number of aromatic nitrogens is 13. The van der Waals surface area contributed by atoms with E-state index >= 15 is 0 Å². The van der Waals surface area contributed by atoms with Crippen LogP contribution in [-0.4, -0.2) is 170 Å². The molecule has 2 spiro atoms. The third kappa shape index (κ3) is 15.6. The van der Waals surface area contributed by atoms with E-state index in [0.717, 1.165) is 248 Å². The van der Waals surface area contributed by atoms with Gasteiger partial charge in [-0.2, -0.15) is 39.9 Å². The maximum Gasteiger partial charge on any atom is 0.324 e. The third-order valence-electron chi connectivity index (χ3n) is 29.1. The highest BCUT2D eigenvalue weighted by Gasteiger charge is 2.57. The Morgan fingerprint density at radius 1 is 0.415 bits per heavy atom. The molecule has 682 valence electrons. The normalized spacial score (nSPS) is 21.4. The van der Waals surface area contributed by atoms with E-state index in [9.17, 15) is 17.6 Å². The van der Waals surface area contributed by atoms with E-state index in [0.29, 0.717) is 89.4 Å². The third-order valence-corrected chi connectivity index (χ3v) is 30.0. The molecule has 0 bridgehead atoms. The summed E-state index contributed by atoms with van der Waals surface area (Å²) in [6.07, 6.45) is 32.3. The maximum absolute atomic E-state index is 14.6. The molecule has 29 nitrogen and oxygen atoms in total. The fraction of sp³-hybridized carbons (Fsp3) is 0.337. The van der Waals surface area contributed by atoms with Crippen LogP contribution in [0.15, 0.2) is 116 Å². The largest absolute Gasteiger partial charge is 0.423 e. The molecule has 12 aliphatic rings. The number of anilines is 8. The highest BCUT2D eigenvalue weighted by molar-refractivity contribution is 7.18. The lowest BCUT2D eigenvalue weighted by atomic mass is 9.60. The molecule has 135 heavy (non-hydrogen) atoms. The minimum atomic E-state index is -0.294. The van der Waals surface area contributed by atoms with Crippen molar-refractivity contribution in [1.29, 1.82) is 0 Å². The van der Waals surface area contributed by atoms with Crippen LogP contribution in [0.2, 0.25) is 0 Å². The molecule has 9 atom stereocenters. The number of ether oxygens (including phenoxy) is 4. The summed E-state index contributed by atoms with van der Waals surface area (Å²) in [6, 6.07) is 26.5. The molecular weight excluding hydrogens is 1740 g/mol. The monoisotopic (exact) mass is 1830 g/mol. The van der Waals surface area contributed by atoms with Gasteiger partial charge in [-0.3, -0.25) is 0 Å². The molecule has 8 aliphatic carbocycles. The number of hydrogen-bond donors (Lipinski definition) is 8. The van der Waals surface area contributed by atoms with Crippen LogP contribution in [0, 0.1) is 102 Å². The van der Waals surface area contributed by atoms with Crippen molar-refractivity contribution in [3.8, 4) is 129 Å². The summed E-state index contributed by atoms with van der Waals surface area (Å²) in [5.74, 6) is 13.5. The number of nitrogens with zero attached hydrogens (tertiary/aromatic N) is 17. The summed E-state index contributed by atoms with van der Waals surface area (Å²) >= 11 is 1.55. The van der Waals surface area contributed by atoms with Crippen LogP contribution in [-0.2, 0) is 25.7 Å². The molecule has 25 rings (SSSR count). The molecular formula is C101H95F4N25O4S. The Morgan fingerprint density at radius 2 is 0.800 bits per heavy atom. The molecule has 13 heterocycles. The second kappa shape index (κ2) is 33.9. The topological polar surface area (TPSA) is 370 Å². The van der Waals surface area contributed by atoms with E-state index in [-0.39, 0.29) is 82.3 Å². The quantitative estimate of drug-likeness (QED) is 0.0329. The molecule has 4 unspecified atom stereocenters. The Kier molecular flexibility index (Phi) is 21.6. The van der Waals surface area contributed by atoms with Crippen LogP contribution < -0.4 is 82.7 Å². The molecule has 8 fully saturated rings. The smallest absolute Gasteiger partial charge is 0.324 e. The summed E-state index contributed by atoms with van der Waals surface area (Å²) in [5.41, 5.74) is 45.2. The molecule has 0 amide bonds. The number of pyridine rings is 4. The molecule has 12 N–H and O–H groups in total. The van der Waals surface area contributed by atoms with E-state index in [1.54, 1.807) is 118 Å². The van der Waals surface area contributed by atoms with E-state index in [1.165, 1.54) is 24.3 Å². The number of fused-ring (bicyclic) bond motifs is 15. The summed E-state index contributed by atoms with van der Waals surface area (Å²) in [5, 5.41) is 13.4. The van der Waals surface area contributed by atoms with Gasteiger partial charge in [0.15, 0.2) is 5.75 Å². The average Bonchev–Trinajstić information content (AvgIpc) is 1.70. The molecule has 4 saturated heterocycles. The van der Waals surface area contributed by atoms with Crippen LogP contribution >= 0.6 is 11.3 Å². The van der Waals surface area contributed by atoms with Crippen LogP contribution in [0.25, 0.3) is 54.9 Å². The zero-order chi connectivity index (χ0) is 92.7. The summed E-state index contributed by atoms with van der Waals surface area (Å²) < 4.78 is 82.1. The van der Waals surface area contributed by atoms with Gasteiger partial charge in [-0.05, 0) is 205 Å². The van der Waals surface area contributed by atoms with Crippen LogP contribution in [0.5, 0.6) is 47.0 Å². The number of aryl methyl sites for hydroxylation is 1. The molecule has 34 heteroatoms. The Balaban J connectivity index is 0.000000105. The highest BCUT2D eigenvalue weighted by atomic mass is 32.1. The number of thiazole rings is 1. The number of nitrogens with two attached hydrogens (primary N) is 4. The van der Waals surface area contributed by atoms with Crippen molar-refractivity contribution in [2.24, 2.45) is 57.4 Å². The zero-order valence-electron chi connectivity index (χ0n) is 74.7. The van der Waals surface area contributed by atoms with Crippen molar-refractivity contribution >= 4 is 67.7 Å². The van der Waals surface area contributed by atoms with Crippen molar-refractivity contribution in [1.82, 2.24) is 64.8 Å². The lowest BCUT2D eigenvalue weighted by Crippen LogP contribution is -2.69. The number of hydrogen-bond acceptors (Lipinski definition) is 30. The fourth-order valence-corrected chi connectivity index (χ4v) is 22.6. The molecule has 4 saturated carbocycles. The number of benzene rings is 4. The van der Waals surface area contributed by atoms with Gasteiger partial charge >= 0.3 is 24.0 Å². The Labute approximate surface area is 779 Å². The standard InChI is InChI=1S/C26H26FN7OS.3C25H23FN6O/c1-12-31-22-7-15(9-30-25(22)36-12)35-26-32-21-8-16-17(5-14(27)6-20(16)29-2)23(21)24(33-26)34-10-13-3-4-19(28)18(13)11-34;1-3-15-4-5-16(10-29-15)33-25-30-22-9-17-18(7-14(26)8-21(17)28-2)23(22)24(31-25)32-11-13-6-20(27)19(13)12-32;1-3-15-4-5-16(12-29-15)33-24-30-20-10-17-18(8-14(26)9-19(17)28-2)22(20)23(31-24)32-7-6-25(13-32)11-21(25)27;1-3-15-4-5-16(11-29-15)33-24-30-20-10-17-18(8-14(26)9-19(17)28-2)22(20)23(31-24)32-12-25(13-32)7-6-21(25)27/h5-7,9,13,18-19,29H,3-4,8,10-11,28H2,1-2H3;1,4-5,7-8,10,13,19-20,28H,6,9,11-12,27H2,2H3;1,4-5,8-9,12,21,28H,6-7,10-11,13,27H2,2H3;1,4-5,8-9,11,21,28H,6-7,10,12-13,27H2,2H3/t13-,18+,19-;13?,19?,20-;;21-/m11.1/s1. The number of terminal acetylenes is 3. The van der Waals surface area contributed by atoms with E-state index < -0.39 is 0 Å². The molecule has 4 aromatic carbocycles. The van der Waals surface area contributed by atoms with Gasteiger partial charge in [-0.1, -0.05) is 29.1 Å². The van der Waals surface area contributed by atoms with Gasteiger partial charge in [0, 0.05) is 192 Å². The first-order valence-electron chi connectivity index (χ1n) is 45.4. The number of nitrogens with one attached hydrogen (secondary N) is 4. The molecule has 9 aromatic heterocycles. The van der Waals surface area contributed by atoms with Crippen molar-refractivity contribution < 1.29 is 36.5 Å². The predicted molar refractivity (Wildman–Crippen MR) is 510 cm³/mol. The minimum Gasteiger partial charge on any atom is -0.423 e. The first-order valence-corrected chi connectivity index (χ1v) is 46.2. The van der Waals surface area contributed by atoms with Gasteiger partial charge in [0.1, 0.15) is 91.2 Å². The Hall–Kier alpha value is -14.5. The lowest BCUT2D eigenvalue weighted by Gasteiger charge is -2.60. The predicted octanol–water partition coefficient (Wildman–Crippen LogP) is 14.3. The maximum atomic E-state index is 14.6. The highest BCUT2D eigenvalue weighted by Crippen LogP contribution is 2.58. The lowest BCUT2D eigenvalue weighted by molar-refractivity contribution is 0.0558. The van der Waals surface area contributed by atoms with E-state index in [2.05, 4.69) is 83.5 Å². The van der Waals surface area contributed by atoms with Crippen LogP contribution in [0.3, 0.4) is 0 Å². The van der Waals surface area contributed by atoms with Crippen LogP contribution in [0.1, 0.15) is 112 Å². The van der Waals surface area contributed by atoms with Gasteiger partial charge in [0.25, 0.3) is 0 Å². The average molecular weight is 1830 g/mol. The molecule has 13 aromatic rings. The minimum absolute atomic E-state index is 0.160. The zero-order valence-corrected chi connectivity index (χ0v) is 75.5. The van der Waals surface area contributed by atoms with Gasteiger partial charge in [0.2, 0.25) is 0 Å². The molecule has 0 radical (unpaired) electrons. The molecule has 4 aliphatic heterocycles. The van der Waals surface area contributed by atoms with Crippen molar-refractivity contribution in [2.45, 2.75) is 102 Å². The first-order chi connectivity index (χ1) is 65.5. The fourth-order valence-electron chi connectivity index (χ4n) is 21.8. The summed E-state index contributed by atoms with van der Waals surface area (Å²) in [4.78, 5) is 69.6. The first kappa shape index (κ1) is 86.0. The van der Waals surface area contributed by atoms with Crippen molar-refractivity contribution in [3.05, 3.63) is 206 Å².